The highest BCUT2D eigenvalue weighted by atomic mass is 79.9. The van der Waals surface area contributed by atoms with E-state index < -0.39 is 0 Å². The van der Waals surface area contributed by atoms with Gasteiger partial charge < -0.3 is 15.2 Å². The number of rotatable bonds is 2. The smallest absolute Gasteiger partial charge is 0.162 e. The van der Waals surface area contributed by atoms with E-state index in [-0.39, 0.29) is 6.04 Å². The lowest BCUT2D eigenvalue weighted by Gasteiger charge is -2.35. The normalized spacial score (nSPS) is 26.6. The topological polar surface area (TPSA) is 47.7 Å². The summed E-state index contributed by atoms with van der Waals surface area (Å²) in [5.74, 6) is 2.30. The fourth-order valence-electron chi connectivity index (χ4n) is 2.78. The Bertz CT molecular complexity index is 495. The van der Waals surface area contributed by atoms with Crippen LogP contribution in [0.5, 0.6) is 11.5 Å². The molecular weight excluding hydrogens is 320 g/mol. The van der Waals surface area contributed by atoms with E-state index in [1.54, 1.807) is 0 Å². The van der Waals surface area contributed by atoms with Crippen molar-refractivity contribution in [1.82, 2.24) is 4.90 Å². The summed E-state index contributed by atoms with van der Waals surface area (Å²) in [5.41, 5.74) is 7.41. The second kappa shape index (κ2) is 5.92. The minimum atomic E-state index is 0.278. The van der Waals surface area contributed by atoms with Gasteiger partial charge in [0.25, 0.3) is 0 Å². The molecule has 2 aliphatic heterocycles. The van der Waals surface area contributed by atoms with Crippen LogP contribution in [0, 0.1) is 5.92 Å². The second-order valence-electron chi connectivity index (χ2n) is 5.75. The number of piperidine rings is 1. The Morgan fingerprint density at radius 3 is 2.70 bits per heavy atom. The Kier molecular flexibility index (Phi) is 4.19. The van der Waals surface area contributed by atoms with Crippen molar-refractivity contribution < 1.29 is 9.47 Å². The van der Waals surface area contributed by atoms with Crippen LogP contribution in [-0.4, -0.2) is 37.2 Å². The highest BCUT2D eigenvalue weighted by Crippen LogP contribution is 2.36. The Hall–Kier alpha value is -0.780. The highest BCUT2D eigenvalue weighted by molar-refractivity contribution is 9.10. The van der Waals surface area contributed by atoms with E-state index >= 15 is 0 Å². The van der Waals surface area contributed by atoms with E-state index in [0.717, 1.165) is 35.6 Å². The van der Waals surface area contributed by atoms with Gasteiger partial charge in [0.2, 0.25) is 0 Å². The zero-order valence-electron chi connectivity index (χ0n) is 11.8. The van der Waals surface area contributed by atoms with Crippen molar-refractivity contribution in [2.75, 3.05) is 26.3 Å². The molecule has 2 atom stereocenters. The van der Waals surface area contributed by atoms with Crippen LogP contribution in [0.15, 0.2) is 16.6 Å². The maximum atomic E-state index is 6.17. The van der Waals surface area contributed by atoms with Crippen molar-refractivity contribution in [2.45, 2.75) is 25.9 Å². The number of hydrogen-bond acceptors (Lipinski definition) is 4. The van der Waals surface area contributed by atoms with Gasteiger partial charge in [0.15, 0.2) is 11.5 Å². The quantitative estimate of drug-likeness (QED) is 0.897. The van der Waals surface area contributed by atoms with E-state index in [1.807, 2.05) is 6.07 Å². The van der Waals surface area contributed by atoms with Gasteiger partial charge in [-0.2, -0.15) is 0 Å². The minimum absolute atomic E-state index is 0.278. The van der Waals surface area contributed by atoms with Crippen LogP contribution >= 0.6 is 15.9 Å². The summed E-state index contributed by atoms with van der Waals surface area (Å²) in [7, 11) is 0. The molecule has 0 amide bonds. The Morgan fingerprint density at radius 1 is 1.30 bits per heavy atom. The Balaban J connectivity index is 1.74. The van der Waals surface area contributed by atoms with Crippen molar-refractivity contribution >= 4 is 15.9 Å². The first kappa shape index (κ1) is 14.2. The minimum Gasteiger partial charge on any atom is -0.486 e. The number of benzene rings is 1. The fraction of sp³-hybridized carbons (Fsp3) is 0.600. The van der Waals surface area contributed by atoms with Gasteiger partial charge in [-0.3, -0.25) is 4.90 Å². The molecule has 1 aromatic rings. The molecule has 2 unspecified atom stereocenters. The number of hydrogen-bond donors (Lipinski definition) is 1. The van der Waals surface area contributed by atoms with Crippen molar-refractivity contribution in [3.05, 3.63) is 22.2 Å². The molecule has 2 aliphatic rings. The van der Waals surface area contributed by atoms with Gasteiger partial charge in [0.05, 0.1) is 0 Å². The first-order chi connectivity index (χ1) is 9.63. The molecule has 4 nitrogen and oxygen atoms in total. The van der Waals surface area contributed by atoms with Gasteiger partial charge >= 0.3 is 0 Å². The van der Waals surface area contributed by atoms with Crippen LogP contribution in [0.2, 0.25) is 0 Å². The predicted octanol–water partition coefficient (Wildman–Crippen LogP) is 2.39. The summed E-state index contributed by atoms with van der Waals surface area (Å²) in [6, 6.07) is 4.37. The molecule has 20 heavy (non-hydrogen) atoms. The van der Waals surface area contributed by atoms with Crippen molar-refractivity contribution in [3.8, 4) is 11.5 Å². The molecule has 5 heteroatoms. The van der Waals surface area contributed by atoms with Gasteiger partial charge in [-0.05, 0) is 36.6 Å². The third-order valence-corrected chi connectivity index (χ3v) is 4.94. The average molecular weight is 341 g/mol. The zero-order chi connectivity index (χ0) is 14.1. The number of ether oxygens (including phenoxy) is 2. The molecule has 1 saturated heterocycles. The average Bonchev–Trinajstić information content (AvgIpc) is 2.44. The number of fused-ring (bicyclic) bond motifs is 1. The molecule has 0 radical (unpaired) electrons. The summed E-state index contributed by atoms with van der Waals surface area (Å²) in [6.07, 6.45) is 1.17. The molecule has 0 spiro atoms. The third-order valence-electron chi connectivity index (χ3n) is 4.21. The van der Waals surface area contributed by atoms with Gasteiger partial charge in [-0.1, -0.05) is 22.9 Å². The molecule has 0 bridgehead atoms. The molecular formula is C15H21BrN2O2. The maximum absolute atomic E-state index is 6.17. The van der Waals surface area contributed by atoms with Gasteiger partial charge in [-0.25, -0.2) is 0 Å². The van der Waals surface area contributed by atoms with E-state index in [9.17, 15) is 0 Å². The van der Waals surface area contributed by atoms with E-state index in [2.05, 4.69) is 33.8 Å². The molecule has 0 aromatic heterocycles. The standard InChI is InChI=1S/C15H21BrN2O2/c1-10-2-3-18(9-13(10)17)8-11-6-14-15(7-12(11)16)20-5-4-19-14/h6-7,10,13H,2-5,8-9,17H2,1H3. The zero-order valence-corrected chi connectivity index (χ0v) is 13.4. The SMILES string of the molecule is CC1CCN(Cc2cc3c(cc2Br)OCCO3)CC1N. The molecule has 0 saturated carbocycles. The summed E-state index contributed by atoms with van der Waals surface area (Å²) in [4.78, 5) is 2.42. The first-order valence-electron chi connectivity index (χ1n) is 7.19. The Labute approximate surface area is 128 Å². The number of likely N-dealkylation sites (tertiary alicyclic amines) is 1. The van der Waals surface area contributed by atoms with Gasteiger partial charge in [0.1, 0.15) is 13.2 Å². The van der Waals surface area contributed by atoms with E-state index in [1.165, 1.54) is 12.0 Å². The summed E-state index contributed by atoms with van der Waals surface area (Å²) in [6.45, 7) is 6.45. The molecule has 1 aromatic carbocycles. The van der Waals surface area contributed by atoms with Crippen molar-refractivity contribution in [3.63, 3.8) is 0 Å². The van der Waals surface area contributed by atoms with Crippen LogP contribution in [-0.2, 0) is 6.54 Å². The molecule has 3 rings (SSSR count). The lowest BCUT2D eigenvalue weighted by Crippen LogP contribution is -2.47. The monoisotopic (exact) mass is 340 g/mol. The number of nitrogens with two attached hydrogens (primary N) is 1. The van der Waals surface area contributed by atoms with Crippen LogP contribution < -0.4 is 15.2 Å². The third kappa shape index (κ3) is 2.95. The van der Waals surface area contributed by atoms with Crippen LogP contribution in [0.25, 0.3) is 0 Å². The van der Waals surface area contributed by atoms with Crippen LogP contribution in [0.1, 0.15) is 18.9 Å². The second-order valence-corrected chi connectivity index (χ2v) is 6.61. The maximum Gasteiger partial charge on any atom is 0.162 e. The molecule has 1 fully saturated rings. The fourth-order valence-corrected chi connectivity index (χ4v) is 3.23. The van der Waals surface area contributed by atoms with E-state index in [0.29, 0.717) is 19.1 Å². The first-order valence-corrected chi connectivity index (χ1v) is 7.99. The molecule has 0 aliphatic carbocycles. The lowest BCUT2D eigenvalue weighted by molar-refractivity contribution is 0.159. The van der Waals surface area contributed by atoms with Gasteiger partial charge in [-0.15, -0.1) is 0 Å². The highest BCUT2D eigenvalue weighted by Gasteiger charge is 2.24. The molecule has 2 N–H and O–H groups in total. The summed E-state index contributed by atoms with van der Waals surface area (Å²) >= 11 is 3.64. The van der Waals surface area contributed by atoms with Crippen LogP contribution in [0.4, 0.5) is 0 Å². The molecule has 2 heterocycles. The summed E-state index contributed by atoms with van der Waals surface area (Å²) in [5, 5.41) is 0. The van der Waals surface area contributed by atoms with Crippen LogP contribution in [0.3, 0.4) is 0 Å². The van der Waals surface area contributed by atoms with Gasteiger partial charge in [0, 0.05) is 23.6 Å². The number of nitrogens with zero attached hydrogens (tertiary/aromatic N) is 1. The Morgan fingerprint density at radius 2 is 2.00 bits per heavy atom. The van der Waals surface area contributed by atoms with Crippen molar-refractivity contribution in [1.29, 1.82) is 0 Å². The summed E-state index contributed by atoms with van der Waals surface area (Å²) < 4.78 is 12.3. The lowest BCUT2D eigenvalue weighted by atomic mass is 9.94. The van der Waals surface area contributed by atoms with E-state index in [4.69, 9.17) is 15.2 Å². The largest absolute Gasteiger partial charge is 0.486 e. The predicted molar refractivity (Wildman–Crippen MR) is 82.2 cm³/mol. The van der Waals surface area contributed by atoms with Crippen molar-refractivity contribution in [2.24, 2.45) is 11.7 Å². The molecule has 110 valence electrons. The number of halogens is 1.